The molecule has 3 amide bonds. The van der Waals surface area contributed by atoms with E-state index in [4.69, 9.17) is 21.1 Å². The van der Waals surface area contributed by atoms with E-state index in [0.717, 1.165) is 16.0 Å². The van der Waals surface area contributed by atoms with Crippen LogP contribution in [-0.2, 0) is 9.59 Å². The third-order valence-corrected chi connectivity index (χ3v) is 6.03. The molecule has 1 aliphatic heterocycles. The SMILES string of the molecule is COc1ccc(OC)c(NC(=O)c2cccc(NC3=C(Cl)C(=O)N(c4cc(C)ccc4C)C3=O)c2)c1. The predicted octanol–water partition coefficient (Wildman–Crippen LogP) is 5.01. The van der Waals surface area contributed by atoms with Crippen LogP contribution in [0.1, 0.15) is 21.5 Å². The Morgan fingerprint density at radius 1 is 0.917 bits per heavy atom. The zero-order valence-corrected chi connectivity index (χ0v) is 20.9. The van der Waals surface area contributed by atoms with Crippen LogP contribution in [-0.4, -0.2) is 31.9 Å². The van der Waals surface area contributed by atoms with E-state index < -0.39 is 17.7 Å². The molecule has 3 aromatic rings. The molecule has 0 aliphatic carbocycles. The Balaban J connectivity index is 1.57. The van der Waals surface area contributed by atoms with E-state index in [2.05, 4.69) is 10.6 Å². The van der Waals surface area contributed by atoms with Crippen LogP contribution in [0.15, 0.2) is 71.4 Å². The molecule has 3 aromatic carbocycles. The first kappa shape index (κ1) is 24.8. The molecule has 8 nitrogen and oxygen atoms in total. The number of nitrogens with one attached hydrogen (secondary N) is 2. The highest BCUT2D eigenvalue weighted by molar-refractivity contribution is 6.53. The summed E-state index contributed by atoms with van der Waals surface area (Å²) in [4.78, 5) is 40.1. The number of methoxy groups -OCH3 is 2. The van der Waals surface area contributed by atoms with Crippen LogP contribution in [0.3, 0.4) is 0 Å². The number of carbonyl (C=O) groups is 3. The normalized spacial score (nSPS) is 13.2. The van der Waals surface area contributed by atoms with Crippen molar-refractivity contribution in [2.45, 2.75) is 13.8 Å². The summed E-state index contributed by atoms with van der Waals surface area (Å²) >= 11 is 6.28. The lowest BCUT2D eigenvalue weighted by Crippen LogP contribution is -2.33. The Morgan fingerprint density at radius 3 is 2.42 bits per heavy atom. The summed E-state index contributed by atoms with van der Waals surface area (Å²) in [6.07, 6.45) is 0. The molecule has 4 rings (SSSR count). The van der Waals surface area contributed by atoms with E-state index in [9.17, 15) is 14.4 Å². The molecule has 0 saturated carbocycles. The monoisotopic (exact) mass is 505 g/mol. The number of imide groups is 1. The Bertz CT molecular complexity index is 1420. The standard InChI is InChI=1S/C27H24ClN3O5/c1-15-8-9-16(2)21(12-15)31-26(33)23(28)24(27(31)34)29-18-7-5-6-17(13-18)25(32)30-20-14-19(35-3)10-11-22(20)36-4/h5-14,29H,1-4H3,(H,30,32). The number of anilines is 3. The van der Waals surface area contributed by atoms with Gasteiger partial charge < -0.3 is 20.1 Å². The third kappa shape index (κ3) is 4.76. The molecule has 0 atom stereocenters. The topological polar surface area (TPSA) is 97.0 Å². The molecule has 0 unspecified atom stereocenters. The van der Waals surface area contributed by atoms with E-state index in [0.29, 0.717) is 34.1 Å². The predicted molar refractivity (Wildman–Crippen MR) is 139 cm³/mol. The van der Waals surface area contributed by atoms with Gasteiger partial charge >= 0.3 is 0 Å². The van der Waals surface area contributed by atoms with Crippen molar-refractivity contribution in [3.8, 4) is 11.5 Å². The van der Waals surface area contributed by atoms with Crippen LogP contribution in [0.2, 0.25) is 0 Å². The fourth-order valence-corrected chi connectivity index (χ4v) is 3.99. The fraction of sp³-hybridized carbons (Fsp3) is 0.148. The van der Waals surface area contributed by atoms with Gasteiger partial charge in [0.05, 0.1) is 25.6 Å². The Morgan fingerprint density at radius 2 is 1.69 bits per heavy atom. The lowest BCUT2D eigenvalue weighted by atomic mass is 10.1. The second-order valence-electron chi connectivity index (χ2n) is 8.15. The summed E-state index contributed by atoms with van der Waals surface area (Å²) in [6, 6.07) is 17.0. The van der Waals surface area contributed by atoms with Gasteiger partial charge in [-0.2, -0.15) is 0 Å². The van der Waals surface area contributed by atoms with Crippen molar-refractivity contribution in [1.82, 2.24) is 0 Å². The number of nitrogens with zero attached hydrogens (tertiary/aromatic N) is 1. The largest absolute Gasteiger partial charge is 0.497 e. The molecule has 0 bridgehead atoms. The van der Waals surface area contributed by atoms with Gasteiger partial charge in [0.15, 0.2) is 0 Å². The van der Waals surface area contributed by atoms with E-state index in [1.165, 1.54) is 14.2 Å². The summed E-state index contributed by atoms with van der Waals surface area (Å²) in [5, 5.41) is 5.49. The van der Waals surface area contributed by atoms with E-state index in [1.54, 1.807) is 48.5 Å². The highest BCUT2D eigenvalue weighted by atomic mass is 35.5. The molecule has 1 heterocycles. The van der Waals surface area contributed by atoms with Gasteiger partial charge in [0.1, 0.15) is 22.2 Å². The average Bonchev–Trinajstić information content (AvgIpc) is 3.08. The summed E-state index contributed by atoms with van der Waals surface area (Å²) in [7, 11) is 3.03. The first-order valence-electron chi connectivity index (χ1n) is 11.0. The summed E-state index contributed by atoms with van der Waals surface area (Å²) in [5.74, 6) is -0.569. The van der Waals surface area contributed by atoms with Crippen molar-refractivity contribution in [2.75, 3.05) is 29.8 Å². The summed E-state index contributed by atoms with van der Waals surface area (Å²) in [5.41, 5.74) is 3.24. The zero-order valence-electron chi connectivity index (χ0n) is 20.1. The molecule has 0 saturated heterocycles. The highest BCUT2D eigenvalue weighted by Crippen LogP contribution is 2.33. The van der Waals surface area contributed by atoms with Crippen molar-refractivity contribution in [3.05, 3.63) is 88.1 Å². The molecule has 0 fully saturated rings. The quantitative estimate of drug-likeness (QED) is 0.438. The van der Waals surface area contributed by atoms with Gasteiger partial charge in [-0.05, 0) is 61.4 Å². The van der Waals surface area contributed by atoms with E-state index >= 15 is 0 Å². The van der Waals surface area contributed by atoms with Gasteiger partial charge in [0.2, 0.25) is 0 Å². The van der Waals surface area contributed by atoms with Gasteiger partial charge in [-0.3, -0.25) is 14.4 Å². The van der Waals surface area contributed by atoms with E-state index in [1.807, 2.05) is 26.0 Å². The number of rotatable bonds is 7. The second-order valence-corrected chi connectivity index (χ2v) is 8.53. The van der Waals surface area contributed by atoms with Crippen molar-refractivity contribution >= 4 is 46.4 Å². The van der Waals surface area contributed by atoms with Crippen LogP contribution < -0.4 is 25.0 Å². The number of benzene rings is 3. The second kappa shape index (κ2) is 10.1. The van der Waals surface area contributed by atoms with Crippen molar-refractivity contribution in [2.24, 2.45) is 0 Å². The number of amides is 3. The van der Waals surface area contributed by atoms with Crippen LogP contribution in [0.4, 0.5) is 17.1 Å². The summed E-state index contributed by atoms with van der Waals surface area (Å²) < 4.78 is 10.5. The lowest BCUT2D eigenvalue weighted by molar-refractivity contribution is -0.120. The number of ether oxygens (including phenoxy) is 2. The molecular formula is C27H24ClN3O5. The van der Waals surface area contributed by atoms with Gasteiger partial charge in [0.25, 0.3) is 17.7 Å². The molecule has 2 N–H and O–H groups in total. The van der Waals surface area contributed by atoms with Crippen LogP contribution in [0, 0.1) is 13.8 Å². The lowest BCUT2D eigenvalue weighted by Gasteiger charge is -2.18. The third-order valence-electron chi connectivity index (χ3n) is 5.68. The molecule has 184 valence electrons. The van der Waals surface area contributed by atoms with E-state index in [-0.39, 0.29) is 10.7 Å². The first-order chi connectivity index (χ1) is 17.2. The highest BCUT2D eigenvalue weighted by Gasteiger charge is 2.39. The van der Waals surface area contributed by atoms with Gasteiger partial charge in [-0.1, -0.05) is 29.8 Å². The molecule has 9 heteroatoms. The first-order valence-corrected chi connectivity index (χ1v) is 11.4. The number of carbonyl (C=O) groups excluding carboxylic acids is 3. The van der Waals surface area contributed by atoms with Crippen molar-refractivity contribution in [3.63, 3.8) is 0 Å². The molecule has 36 heavy (non-hydrogen) atoms. The molecule has 0 aromatic heterocycles. The molecule has 1 aliphatic rings. The van der Waals surface area contributed by atoms with Crippen LogP contribution in [0.5, 0.6) is 11.5 Å². The van der Waals surface area contributed by atoms with Crippen LogP contribution in [0.25, 0.3) is 0 Å². The summed E-state index contributed by atoms with van der Waals surface area (Å²) in [6.45, 7) is 3.69. The average molecular weight is 506 g/mol. The number of aryl methyl sites for hydroxylation is 2. The minimum absolute atomic E-state index is 0.0606. The Labute approximate surface area is 213 Å². The van der Waals surface area contributed by atoms with Crippen LogP contribution >= 0.6 is 11.6 Å². The molecular weight excluding hydrogens is 482 g/mol. The van der Waals surface area contributed by atoms with Gasteiger partial charge in [-0.25, -0.2) is 4.90 Å². The zero-order chi connectivity index (χ0) is 26.0. The molecule has 0 spiro atoms. The Kier molecular flexibility index (Phi) is 6.98. The number of hydrogen-bond donors (Lipinski definition) is 2. The Hall–Kier alpha value is -4.30. The van der Waals surface area contributed by atoms with Gasteiger partial charge in [-0.15, -0.1) is 0 Å². The maximum absolute atomic E-state index is 13.2. The van der Waals surface area contributed by atoms with Gasteiger partial charge in [0, 0.05) is 17.3 Å². The fourth-order valence-electron chi connectivity index (χ4n) is 3.78. The number of halogens is 1. The maximum Gasteiger partial charge on any atom is 0.283 e. The smallest absolute Gasteiger partial charge is 0.283 e. The minimum atomic E-state index is -0.614. The van der Waals surface area contributed by atoms with Crippen molar-refractivity contribution in [1.29, 1.82) is 0 Å². The number of hydrogen-bond acceptors (Lipinski definition) is 6. The maximum atomic E-state index is 13.2. The van der Waals surface area contributed by atoms with Crippen molar-refractivity contribution < 1.29 is 23.9 Å². The molecule has 0 radical (unpaired) electrons. The minimum Gasteiger partial charge on any atom is -0.497 e.